The Bertz CT molecular complexity index is 830. The Labute approximate surface area is 138 Å². The number of hydrogen-bond donors (Lipinski definition) is 2. The van der Waals surface area contributed by atoms with Crippen LogP contribution in [0.25, 0.3) is 10.9 Å². The number of carbonyl (C=O) groups excluding carboxylic acids is 1. The molecule has 2 N–H and O–H groups in total. The molecule has 124 valence electrons. The van der Waals surface area contributed by atoms with E-state index >= 15 is 0 Å². The molecule has 1 heterocycles. The molecule has 0 spiro atoms. The number of carbonyl (C=O) groups is 1. The van der Waals surface area contributed by atoms with E-state index in [1.807, 2.05) is 24.3 Å². The molecule has 5 nitrogen and oxygen atoms in total. The Morgan fingerprint density at radius 3 is 2.71 bits per heavy atom. The number of hydrogen-bond acceptors (Lipinski definition) is 3. The molecule has 0 radical (unpaired) electrons. The lowest BCUT2D eigenvalue weighted by Gasteiger charge is -2.16. The molecule has 0 aliphatic rings. The number of para-hydroxylation sites is 1. The predicted octanol–water partition coefficient (Wildman–Crippen LogP) is 1.90. The number of nitrogens with zero attached hydrogens (tertiary/aromatic N) is 2. The molecular formula is C18H18FN3O2. The van der Waals surface area contributed by atoms with Gasteiger partial charge in [-0.1, -0.05) is 30.3 Å². The van der Waals surface area contributed by atoms with Crippen LogP contribution in [0.1, 0.15) is 5.56 Å². The van der Waals surface area contributed by atoms with Gasteiger partial charge in [-0.05, 0) is 30.2 Å². The third kappa shape index (κ3) is 3.78. The monoisotopic (exact) mass is 327 g/mol. The lowest BCUT2D eigenvalue weighted by Crippen LogP contribution is -2.40. The van der Waals surface area contributed by atoms with Crippen LogP contribution in [0.15, 0.2) is 54.7 Å². The highest BCUT2D eigenvalue weighted by molar-refractivity contribution is 5.82. The van der Waals surface area contributed by atoms with Gasteiger partial charge in [-0.3, -0.25) is 9.48 Å². The van der Waals surface area contributed by atoms with Gasteiger partial charge in [0.2, 0.25) is 5.91 Å². The van der Waals surface area contributed by atoms with Gasteiger partial charge in [-0.15, -0.1) is 0 Å². The number of rotatable bonds is 6. The maximum absolute atomic E-state index is 12.9. The second kappa shape index (κ2) is 7.23. The first kappa shape index (κ1) is 16.1. The van der Waals surface area contributed by atoms with Crippen molar-refractivity contribution in [2.45, 2.75) is 19.0 Å². The van der Waals surface area contributed by atoms with Crippen LogP contribution in [0, 0.1) is 5.82 Å². The van der Waals surface area contributed by atoms with E-state index in [4.69, 9.17) is 0 Å². The van der Waals surface area contributed by atoms with Crippen LogP contribution >= 0.6 is 0 Å². The highest BCUT2D eigenvalue weighted by Crippen LogP contribution is 2.12. The van der Waals surface area contributed by atoms with Crippen LogP contribution < -0.4 is 5.32 Å². The van der Waals surface area contributed by atoms with E-state index in [-0.39, 0.29) is 24.9 Å². The van der Waals surface area contributed by atoms with Crippen molar-refractivity contribution >= 4 is 16.8 Å². The number of amides is 1. The summed E-state index contributed by atoms with van der Waals surface area (Å²) in [5.74, 6) is -0.543. The molecule has 24 heavy (non-hydrogen) atoms. The molecule has 0 fully saturated rings. The van der Waals surface area contributed by atoms with Crippen molar-refractivity contribution in [2.75, 3.05) is 6.61 Å². The summed E-state index contributed by atoms with van der Waals surface area (Å²) in [5.41, 5.74) is 1.73. The predicted molar refractivity (Wildman–Crippen MR) is 88.9 cm³/mol. The van der Waals surface area contributed by atoms with Crippen molar-refractivity contribution in [3.05, 3.63) is 66.1 Å². The highest BCUT2D eigenvalue weighted by atomic mass is 19.1. The van der Waals surface area contributed by atoms with Crippen LogP contribution in [-0.4, -0.2) is 33.4 Å². The zero-order valence-electron chi connectivity index (χ0n) is 13.0. The maximum Gasteiger partial charge on any atom is 0.242 e. The van der Waals surface area contributed by atoms with E-state index in [0.29, 0.717) is 6.42 Å². The van der Waals surface area contributed by atoms with Gasteiger partial charge in [-0.2, -0.15) is 5.10 Å². The van der Waals surface area contributed by atoms with Crippen molar-refractivity contribution in [1.82, 2.24) is 15.1 Å². The Morgan fingerprint density at radius 1 is 1.21 bits per heavy atom. The first-order valence-electron chi connectivity index (χ1n) is 7.71. The van der Waals surface area contributed by atoms with E-state index in [1.165, 1.54) is 12.1 Å². The highest BCUT2D eigenvalue weighted by Gasteiger charge is 2.14. The topological polar surface area (TPSA) is 67.2 Å². The van der Waals surface area contributed by atoms with Crippen molar-refractivity contribution in [2.24, 2.45) is 0 Å². The summed E-state index contributed by atoms with van der Waals surface area (Å²) in [6.45, 7) is -0.115. The Kier molecular flexibility index (Phi) is 4.86. The molecule has 0 aliphatic carbocycles. The second-order valence-electron chi connectivity index (χ2n) is 5.64. The number of nitrogens with one attached hydrogen (secondary N) is 1. The van der Waals surface area contributed by atoms with Gasteiger partial charge in [0.05, 0.1) is 24.4 Å². The summed E-state index contributed by atoms with van der Waals surface area (Å²) < 4.78 is 14.5. The van der Waals surface area contributed by atoms with Crippen LogP contribution in [0.5, 0.6) is 0 Å². The number of aliphatic hydroxyl groups is 1. The van der Waals surface area contributed by atoms with Crippen molar-refractivity contribution < 1.29 is 14.3 Å². The zero-order chi connectivity index (χ0) is 16.9. The third-order valence-electron chi connectivity index (χ3n) is 3.83. The van der Waals surface area contributed by atoms with Crippen LogP contribution in [0.3, 0.4) is 0 Å². The standard InChI is InChI=1S/C18H18FN3O2/c19-15-7-5-13(6-8-15)9-16(12-23)21-18(24)11-22-17-4-2-1-3-14(17)10-20-22/h1-8,10,16,23H,9,11-12H2,(H,21,24). The molecule has 6 heteroatoms. The van der Waals surface area contributed by atoms with Gasteiger partial charge < -0.3 is 10.4 Å². The average molecular weight is 327 g/mol. The molecule has 1 aromatic heterocycles. The minimum Gasteiger partial charge on any atom is -0.394 e. The van der Waals surface area contributed by atoms with Crippen molar-refractivity contribution in [3.8, 4) is 0 Å². The summed E-state index contributed by atoms with van der Waals surface area (Å²) >= 11 is 0. The summed E-state index contributed by atoms with van der Waals surface area (Å²) in [6.07, 6.45) is 2.15. The van der Waals surface area contributed by atoms with Crippen molar-refractivity contribution in [1.29, 1.82) is 0 Å². The van der Waals surface area contributed by atoms with Crippen molar-refractivity contribution in [3.63, 3.8) is 0 Å². The van der Waals surface area contributed by atoms with Gasteiger partial charge >= 0.3 is 0 Å². The van der Waals surface area contributed by atoms with Crippen LogP contribution in [0.2, 0.25) is 0 Å². The van der Waals surface area contributed by atoms with E-state index in [9.17, 15) is 14.3 Å². The van der Waals surface area contributed by atoms with Crippen LogP contribution in [0.4, 0.5) is 4.39 Å². The number of aromatic nitrogens is 2. The summed E-state index contributed by atoms with van der Waals surface area (Å²) in [7, 11) is 0. The van der Waals surface area contributed by atoms with E-state index in [2.05, 4.69) is 10.4 Å². The zero-order valence-corrected chi connectivity index (χ0v) is 13.0. The normalized spacial score (nSPS) is 12.2. The largest absolute Gasteiger partial charge is 0.394 e. The molecule has 3 rings (SSSR count). The third-order valence-corrected chi connectivity index (χ3v) is 3.83. The fourth-order valence-corrected chi connectivity index (χ4v) is 2.63. The van der Waals surface area contributed by atoms with Gasteiger partial charge in [0.1, 0.15) is 12.4 Å². The van der Waals surface area contributed by atoms with Gasteiger partial charge in [-0.25, -0.2) is 4.39 Å². The molecule has 0 bridgehead atoms. The second-order valence-corrected chi connectivity index (χ2v) is 5.64. The summed E-state index contributed by atoms with van der Waals surface area (Å²) in [6, 6.07) is 13.2. The van der Waals surface area contributed by atoms with Gasteiger partial charge in [0, 0.05) is 5.39 Å². The van der Waals surface area contributed by atoms with Gasteiger partial charge in [0.25, 0.3) is 0 Å². The minimum atomic E-state index is -0.426. The maximum atomic E-state index is 12.9. The number of halogens is 1. The number of benzene rings is 2. The number of fused-ring (bicyclic) bond motifs is 1. The fraction of sp³-hybridized carbons (Fsp3) is 0.222. The lowest BCUT2D eigenvalue weighted by molar-refractivity contribution is -0.122. The first-order chi connectivity index (χ1) is 11.7. The number of aliphatic hydroxyl groups excluding tert-OH is 1. The lowest BCUT2D eigenvalue weighted by atomic mass is 10.1. The Morgan fingerprint density at radius 2 is 1.96 bits per heavy atom. The molecule has 0 saturated carbocycles. The molecule has 1 amide bonds. The summed E-state index contributed by atoms with van der Waals surface area (Å²) in [4.78, 5) is 12.2. The van der Waals surface area contributed by atoms with Gasteiger partial charge in [0.15, 0.2) is 0 Å². The molecular weight excluding hydrogens is 309 g/mol. The van der Waals surface area contributed by atoms with E-state index in [1.54, 1.807) is 23.0 Å². The van der Waals surface area contributed by atoms with E-state index < -0.39 is 6.04 Å². The fourth-order valence-electron chi connectivity index (χ4n) is 2.63. The Hall–Kier alpha value is -2.73. The molecule has 0 saturated heterocycles. The van der Waals surface area contributed by atoms with E-state index in [0.717, 1.165) is 16.5 Å². The quantitative estimate of drug-likeness (QED) is 0.727. The average Bonchev–Trinajstić information content (AvgIpc) is 2.99. The Balaban J connectivity index is 1.63. The molecule has 1 atom stereocenters. The first-order valence-corrected chi connectivity index (χ1v) is 7.71. The van der Waals surface area contributed by atoms with Crippen LogP contribution in [-0.2, 0) is 17.8 Å². The molecule has 3 aromatic rings. The summed E-state index contributed by atoms with van der Waals surface area (Å²) in [5, 5.41) is 17.4. The molecule has 1 unspecified atom stereocenters. The smallest absolute Gasteiger partial charge is 0.242 e. The molecule has 0 aliphatic heterocycles. The SMILES string of the molecule is O=C(Cn1ncc2ccccc21)NC(CO)Cc1ccc(F)cc1. The molecule has 2 aromatic carbocycles. The minimum absolute atomic E-state index is 0.0768.